The van der Waals surface area contributed by atoms with Gasteiger partial charge in [-0.25, -0.2) is 12.7 Å². The first-order valence-corrected chi connectivity index (χ1v) is 12.6. The number of nitrogens with zero attached hydrogens (tertiary/aromatic N) is 2. The van der Waals surface area contributed by atoms with Gasteiger partial charge in [0.05, 0.1) is 5.75 Å². The van der Waals surface area contributed by atoms with E-state index < -0.39 is 10.0 Å². The average molecular weight is 462 g/mol. The van der Waals surface area contributed by atoms with Gasteiger partial charge in [-0.3, -0.25) is 4.79 Å². The number of amides is 1. The molecule has 2 aliphatic heterocycles. The number of nitrogens with one attached hydrogen (secondary N) is 1. The van der Waals surface area contributed by atoms with Gasteiger partial charge in [0, 0.05) is 35.6 Å². The number of rotatable bonds is 8. The number of sulfonamides is 1. The quantitative estimate of drug-likeness (QED) is 0.603. The van der Waals surface area contributed by atoms with E-state index in [2.05, 4.69) is 10.2 Å². The van der Waals surface area contributed by atoms with Gasteiger partial charge in [0.2, 0.25) is 15.9 Å². The minimum Gasteiger partial charge on any atom is -0.356 e. The summed E-state index contributed by atoms with van der Waals surface area (Å²) in [6.07, 6.45) is 4.61. The normalized spacial score (nSPS) is 19.5. The van der Waals surface area contributed by atoms with E-state index in [-0.39, 0.29) is 17.6 Å². The molecule has 1 N–H and O–H groups in total. The number of halogens is 2. The Bertz CT molecular complexity index is 805. The third-order valence-corrected chi connectivity index (χ3v) is 8.13. The molecule has 1 aromatic rings. The number of carbonyl (C=O) groups excluding carboxylic acids is 1. The van der Waals surface area contributed by atoms with Crippen molar-refractivity contribution in [2.45, 2.75) is 37.9 Å². The topological polar surface area (TPSA) is 69.7 Å². The van der Waals surface area contributed by atoms with E-state index in [1.807, 2.05) is 0 Å². The van der Waals surface area contributed by atoms with Crippen LogP contribution in [0.2, 0.25) is 10.0 Å². The molecular weight excluding hydrogens is 433 g/mol. The van der Waals surface area contributed by atoms with Crippen LogP contribution >= 0.6 is 23.2 Å². The number of piperidine rings is 1. The zero-order chi connectivity index (χ0) is 20.9. The Labute approximate surface area is 183 Å². The second-order valence-electron chi connectivity index (χ2n) is 7.86. The van der Waals surface area contributed by atoms with E-state index in [1.54, 1.807) is 18.2 Å². The highest BCUT2D eigenvalue weighted by Gasteiger charge is 2.31. The molecule has 0 spiro atoms. The molecule has 6 nitrogen and oxygen atoms in total. The van der Waals surface area contributed by atoms with E-state index in [0.717, 1.165) is 13.0 Å². The minimum atomic E-state index is -3.48. The van der Waals surface area contributed by atoms with Crippen molar-refractivity contribution in [2.24, 2.45) is 5.92 Å². The van der Waals surface area contributed by atoms with Crippen molar-refractivity contribution in [1.82, 2.24) is 14.5 Å². The predicted molar refractivity (Wildman–Crippen MR) is 117 cm³/mol. The van der Waals surface area contributed by atoms with Crippen molar-refractivity contribution in [3.05, 3.63) is 33.8 Å². The smallest absolute Gasteiger partial charge is 0.223 e. The lowest BCUT2D eigenvalue weighted by Gasteiger charge is -2.30. The summed E-state index contributed by atoms with van der Waals surface area (Å²) < 4.78 is 26.9. The summed E-state index contributed by atoms with van der Waals surface area (Å²) in [5, 5.41) is 3.85. The molecule has 9 heteroatoms. The fourth-order valence-electron chi connectivity index (χ4n) is 3.99. The second-order valence-corrected chi connectivity index (χ2v) is 10.7. The molecule has 1 amide bonds. The molecule has 0 radical (unpaired) electrons. The van der Waals surface area contributed by atoms with E-state index in [0.29, 0.717) is 48.1 Å². The SMILES string of the molecule is O=C(NCCCN1CCCC1)C1CCN(S(=O)(=O)Cc2ccc(Cl)cc2Cl)CC1. The lowest BCUT2D eigenvalue weighted by Crippen LogP contribution is -2.43. The van der Waals surface area contributed by atoms with Crippen LogP contribution in [0.25, 0.3) is 0 Å². The Hall–Kier alpha value is -0.860. The minimum absolute atomic E-state index is 0.0456. The molecule has 0 unspecified atom stereocenters. The van der Waals surface area contributed by atoms with Gasteiger partial charge in [0.15, 0.2) is 0 Å². The van der Waals surface area contributed by atoms with E-state index >= 15 is 0 Å². The van der Waals surface area contributed by atoms with Crippen LogP contribution in [0.4, 0.5) is 0 Å². The van der Waals surface area contributed by atoms with E-state index in [4.69, 9.17) is 23.2 Å². The molecule has 2 heterocycles. The van der Waals surface area contributed by atoms with Gasteiger partial charge in [-0.05, 0) is 69.4 Å². The zero-order valence-corrected chi connectivity index (χ0v) is 18.9. The van der Waals surface area contributed by atoms with Gasteiger partial charge >= 0.3 is 0 Å². The van der Waals surface area contributed by atoms with Crippen molar-refractivity contribution in [3.63, 3.8) is 0 Å². The van der Waals surface area contributed by atoms with Gasteiger partial charge in [-0.15, -0.1) is 0 Å². The molecule has 1 aromatic carbocycles. The summed E-state index contributed by atoms with van der Waals surface area (Å²) in [5.74, 6) is -0.229. The molecule has 0 aliphatic carbocycles. The maximum Gasteiger partial charge on any atom is 0.223 e. The molecule has 3 rings (SSSR count). The third kappa shape index (κ3) is 6.56. The third-order valence-electron chi connectivity index (χ3n) is 5.72. The van der Waals surface area contributed by atoms with Crippen LogP contribution in [0.3, 0.4) is 0 Å². The molecule has 29 heavy (non-hydrogen) atoms. The molecule has 162 valence electrons. The van der Waals surface area contributed by atoms with Crippen molar-refractivity contribution < 1.29 is 13.2 Å². The number of hydrogen-bond acceptors (Lipinski definition) is 4. The first kappa shape index (κ1) is 22.8. The Kier molecular flexibility index (Phi) is 8.22. The van der Waals surface area contributed by atoms with Crippen LogP contribution in [0.5, 0.6) is 0 Å². The van der Waals surface area contributed by atoms with Crippen molar-refractivity contribution in [2.75, 3.05) is 39.3 Å². The Morgan fingerprint density at radius 2 is 1.79 bits per heavy atom. The highest BCUT2D eigenvalue weighted by molar-refractivity contribution is 7.88. The summed E-state index contributed by atoms with van der Waals surface area (Å²) >= 11 is 12.0. The molecule has 0 bridgehead atoms. The fourth-order valence-corrected chi connectivity index (χ4v) is 6.14. The summed E-state index contributed by atoms with van der Waals surface area (Å²) in [6.45, 7) is 4.77. The van der Waals surface area contributed by atoms with Crippen LogP contribution in [0, 0.1) is 5.92 Å². The molecule has 0 aromatic heterocycles. The fraction of sp³-hybridized carbons (Fsp3) is 0.650. The summed E-state index contributed by atoms with van der Waals surface area (Å²) in [6, 6.07) is 4.83. The Morgan fingerprint density at radius 3 is 2.45 bits per heavy atom. The first-order valence-electron chi connectivity index (χ1n) is 10.3. The van der Waals surface area contributed by atoms with E-state index in [1.165, 1.54) is 30.2 Å². The lowest BCUT2D eigenvalue weighted by atomic mass is 9.97. The maximum absolute atomic E-state index is 12.7. The summed E-state index contributed by atoms with van der Waals surface area (Å²) in [7, 11) is -3.48. The average Bonchev–Trinajstić information content (AvgIpc) is 3.21. The van der Waals surface area contributed by atoms with Gasteiger partial charge in [-0.1, -0.05) is 29.3 Å². The van der Waals surface area contributed by atoms with Gasteiger partial charge in [0.25, 0.3) is 0 Å². The number of benzene rings is 1. The molecule has 2 saturated heterocycles. The largest absolute Gasteiger partial charge is 0.356 e. The number of likely N-dealkylation sites (tertiary alicyclic amines) is 1. The van der Waals surface area contributed by atoms with Gasteiger partial charge in [0.1, 0.15) is 0 Å². The van der Waals surface area contributed by atoms with Gasteiger partial charge in [-0.2, -0.15) is 0 Å². The summed E-state index contributed by atoms with van der Waals surface area (Å²) in [4.78, 5) is 14.8. The van der Waals surface area contributed by atoms with Crippen LogP contribution in [-0.2, 0) is 20.6 Å². The van der Waals surface area contributed by atoms with Crippen molar-refractivity contribution in [1.29, 1.82) is 0 Å². The molecule has 0 saturated carbocycles. The summed E-state index contributed by atoms with van der Waals surface area (Å²) in [5.41, 5.74) is 0.536. The first-order chi connectivity index (χ1) is 13.8. The Morgan fingerprint density at radius 1 is 1.10 bits per heavy atom. The van der Waals surface area contributed by atoms with Gasteiger partial charge < -0.3 is 10.2 Å². The Balaban J connectivity index is 1.42. The standard InChI is InChI=1S/C20H29Cl2N3O3S/c21-18-5-4-17(19(22)14-18)15-29(27,28)25-12-6-16(7-13-25)20(26)23-8-3-11-24-9-1-2-10-24/h4-5,14,16H,1-3,6-13,15H2,(H,23,26). The maximum atomic E-state index is 12.7. The number of carbonyl (C=O) groups is 1. The molecule has 0 atom stereocenters. The molecule has 2 fully saturated rings. The molecule has 2 aliphatic rings. The predicted octanol–water partition coefficient (Wildman–Crippen LogP) is 3.14. The molecular formula is C20H29Cl2N3O3S. The van der Waals surface area contributed by atoms with Crippen LogP contribution in [0.15, 0.2) is 18.2 Å². The highest BCUT2D eigenvalue weighted by atomic mass is 35.5. The van der Waals surface area contributed by atoms with Crippen molar-refractivity contribution in [3.8, 4) is 0 Å². The highest BCUT2D eigenvalue weighted by Crippen LogP contribution is 2.26. The zero-order valence-electron chi connectivity index (χ0n) is 16.6. The number of hydrogen-bond donors (Lipinski definition) is 1. The van der Waals surface area contributed by atoms with Crippen LogP contribution < -0.4 is 5.32 Å². The van der Waals surface area contributed by atoms with Crippen LogP contribution in [0.1, 0.15) is 37.7 Å². The van der Waals surface area contributed by atoms with E-state index in [9.17, 15) is 13.2 Å². The van der Waals surface area contributed by atoms with Crippen LogP contribution in [-0.4, -0.2) is 62.8 Å². The lowest BCUT2D eigenvalue weighted by molar-refractivity contribution is -0.126. The second kappa shape index (κ2) is 10.4. The monoisotopic (exact) mass is 461 g/mol. The van der Waals surface area contributed by atoms with Crippen molar-refractivity contribution >= 4 is 39.1 Å².